The van der Waals surface area contributed by atoms with Crippen LogP contribution in [0.2, 0.25) is 5.02 Å². The van der Waals surface area contributed by atoms with Gasteiger partial charge in [0.25, 0.3) is 5.91 Å². The summed E-state index contributed by atoms with van der Waals surface area (Å²) in [5, 5.41) is 14.2. The first-order chi connectivity index (χ1) is 17.7. The fourth-order valence-electron chi connectivity index (χ4n) is 4.57. The van der Waals surface area contributed by atoms with Crippen LogP contribution in [0.5, 0.6) is 5.75 Å². The number of ether oxygens (including phenoxy) is 1. The molecule has 0 radical (unpaired) electrons. The first-order valence-corrected chi connectivity index (χ1v) is 11.9. The predicted molar refractivity (Wildman–Crippen MR) is 136 cm³/mol. The number of carbonyl (C=O) groups excluding carboxylic acids is 1. The topological polar surface area (TPSA) is 84.7 Å². The van der Waals surface area contributed by atoms with Crippen molar-refractivity contribution in [2.45, 2.75) is 26.6 Å². The van der Waals surface area contributed by atoms with Crippen molar-refractivity contribution in [1.82, 2.24) is 14.7 Å². The molecule has 1 aliphatic heterocycles. The van der Waals surface area contributed by atoms with Crippen LogP contribution in [0, 0.1) is 12.7 Å². The van der Waals surface area contributed by atoms with Crippen LogP contribution >= 0.6 is 11.6 Å². The Kier molecular flexibility index (Phi) is 6.43. The van der Waals surface area contributed by atoms with Crippen molar-refractivity contribution in [3.8, 4) is 17.0 Å². The van der Waals surface area contributed by atoms with Gasteiger partial charge in [0.05, 0.1) is 11.3 Å². The van der Waals surface area contributed by atoms with Gasteiger partial charge >= 0.3 is 5.97 Å². The summed E-state index contributed by atoms with van der Waals surface area (Å²) in [4.78, 5) is 26.7. The number of aryl methyl sites for hydroxylation is 2. The molecule has 4 aromatic rings. The molecule has 2 heterocycles. The monoisotopic (exact) mass is 519 g/mol. The van der Waals surface area contributed by atoms with Gasteiger partial charge in [0, 0.05) is 41.9 Å². The molecule has 0 unspecified atom stereocenters. The number of benzene rings is 3. The van der Waals surface area contributed by atoms with Gasteiger partial charge < -0.3 is 14.7 Å². The Morgan fingerprint density at radius 2 is 1.95 bits per heavy atom. The van der Waals surface area contributed by atoms with E-state index in [1.807, 2.05) is 31.2 Å². The van der Waals surface area contributed by atoms with Gasteiger partial charge in [-0.1, -0.05) is 47.5 Å². The zero-order chi connectivity index (χ0) is 26.3. The molecule has 7 nitrogen and oxygen atoms in total. The largest absolute Gasteiger partial charge is 0.488 e. The molecule has 0 spiro atoms. The Morgan fingerprint density at radius 1 is 1.14 bits per heavy atom. The number of carboxylic acid groups (broad SMARTS) is 1. The number of amides is 1. The Balaban J connectivity index is 1.55. The van der Waals surface area contributed by atoms with Gasteiger partial charge in [-0.05, 0) is 42.8 Å². The van der Waals surface area contributed by atoms with Crippen molar-refractivity contribution in [3.05, 3.63) is 105 Å². The Labute approximate surface area is 217 Å². The second-order valence-electron chi connectivity index (χ2n) is 8.99. The molecule has 1 N–H and O–H groups in total. The lowest BCUT2D eigenvalue weighted by molar-refractivity contribution is 0.0691. The van der Waals surface area contributed by atoms with Gasteiger partial charge in [-0.3, -0.25) is 9.48 Å². The average Bonchev–Trinajstić information content (AvgIpc) is 3.21. The number of hydrogen-bond acceptors (Lipinski definition) is 4. The van der Waals surface area contributed by atoms with Crippen molar-refractivity contribution >= 4 is 23.5 Å². The summed E-state index contributed by atoms with van der Waals surface area (Å²) in [6.07, 6.45) is 0. The molecule has 1 aliphatic rings. The summed E-state index contributed by atoms with van der Waals surface area (Å²) in [7, 11) is 1.75. The molecule has 1 aromatic heterocycles. The number of fused-ring (bicyclic) bond motifs is 3. The van der Waals surface area contributed by atoms with Crippen molar-refractivity contribution in [1.29, 1.82) is 0 Å². The minimum Gasteiger partial charge on any atom is -0.488 e. The summed E-state index contributed by atoms with van der Waals surface area (Å²) in [6, 6.07) is 16.7. The molecular formula is C28H23ClFN3O4. The number of halogens is 2. The number of carbonyl (C=O) groups is 2. The molecule has 0 saturated carbocycles. The van der Waals surface area contributed by atoms with E-state index in [9.17, 15) is 19.1 Å². The van der Waals surface area contributed by atoms with Crippen molar-refractivity contribution in [3.63, 3.8) is 0 Å². The van der Waals surface area contributed by atoms with E-state index >= 15 is 0 Å². The zero-order valence-electron chi connectivity index (χ0n) is 20.2. The highest BCUT2D eigenvalue weighted by Gasteiger charge is 2.31. The summed E-state index contributed by atoms with van der Waals surface area (Å²) in [5.41, 5.74) is 4.24. The van der Waals surface area contributed by atoms with Crippen LogP contribution in [0.15, 0.2) is 60.7 Å². The summed E-state index contributed by atoms with van der Waals surface area (Å²) >= 11 is 6.22. The van der Waals surface area contributed by atoms with Crippen LogP contribution in [0.1, 0.15) is 43.1 Å². The molecular weight excluding hydrogens is 497 g/mol. The fraction of sp³-hybridized carbons (Fsp3) is 0.179. The summed E-state index contributed by atoms with van der Waals surface area (Å²) in [6.45, 7) is 2.23. The number of aromatic carboxylic acids is 1. The quantitative estimate of drug-likeness (QED) is 0.357. The van der Waals surface area contributed by atoms with Gasteiger partial charge in [0.2, 0.25) is 0 Å². The molecule has 0 atom stereocenters. The molecule has 188 valence electrons. The van der Waals surface area contributed by atoms with Crippen LogP contribution in [0.4, 0.5) is 4.39 Å². The lowest BCUT2D eigenvalue weighted by atomic mass is 10.0. The lowest BCUT2D eigenvalue weighted by Crippen LogP contribution is -2.32. The third kappa shape index (κ3) is 4.80. The minimum atomic E-state index is -1.22. The zero-order valence-corrected chi connectivity index (χ0v) is 20.9. The summed E-state index contributed by atoms with van der Waals surface area (Å²) < 4.78 is 22.4. The molecule has 9 heteroatoms. The van der Waals surface area contributed by atoms with Crippen molar-refractivity contribution in [2.75, 3.05) is 0 Å². The molecule has 0 saturated heterocycles. The summed E-state index contributed by atoms with van der Waals surface area (Å²) in [5.74, 6) is -1.67. The van der Waals surface area contributed by atoms with E-state index in [0.29, 0.717) is 16.3 Å². The molecule has 37 heavy (non-hydrogen) atoms. The third-order valence-electron chi connectivity index (χ3n) is 6.32. The van der Waals surface area contributed by atoms with E-state index in [1.165, 1.54) is 17.0 Å². The standard InChI is InChI=1S/C28H23ClFN3O4/c1-16-4-3-5-17(10-16)13-33(14-19-7-6-18(28(35)36)11-23(19)30)27(34)25-22-15-37-24-9-8-20(29)12-21(24)26(22)32(2)31-25/h3-12H,13-15H2,1-2H3,(H,35,36). The van der Waals surface area contributed by atoms with Gasteiger partial charge in [-0.25, -0.2) is 9.18 Å². The lowest BCUT2D eigenvalue weighted by Gasteiger charge is -2.24. The Bertz CT molecular complexity index is 1550. The normalized spacial score (nSPS) is 11.9. The molecule has 0 fully saturated rings. The van der Waals surface area contributed by atoms with Crippen LogP contribution in [-0.2, 0) is 26.7 Å². The van der Waals surface area contributed by atoms with E-state index in [0.717, 1.165) is 28.5 Å². The van der Waals surface area contributed by atoms with E-state index in [1.54, 1.807) is 29.9 Å². The first-order valence-electron chi connectivity index (χ1n) is 11.6. The van der Waals surface area contributed by atoms with E-state index in [2.05, 4.69) is 5.10 Å². The molecule has 0 aliphatic carbocycles. The number of nitrogens with zero attached hydrogens (tertiary/aromatic N) is 3. The van der Waals surface area contributed by atoms with Crippen LogP contribution < -0.4 is 4.74 Å². The maximum atomic E-state index is 14.9. The predicted octanol–water partition coefficient (Wildman–Crippen LogP) is 5.62. The highest BCUT2D eigenvalue weighted by molar-refractivity contribution is 6.31. The molecule has 0 bridgehead atoms. The number of carboxylic acids is 1. The van der Waals surface area contributed by atoms with Crippen LogP contribution in [0.25, 0.3) is 11.3 Å². The average molecular weight is 520 g/mol. The first kappa shape index (κ1) is 24.5. The minimum absolute atomic E-state index is 0.0763. The van der Waals surface area contributed by atoms with Gasteiger partial charge in [0.1, 0.15) is 18.2 Å². The second kappa shape index (κ2) is 9.71. The van der Waals surface area contributed by atoms with Gasteiger partial charge in [-0.15, -0.1) is 0 Å². The number of rotatable bonds is 6. The fourth-order valence-corrected chi connectivity index (χ4v) is 4.74. The SMILES string of the molecule is Cc1cccc(CN(Cc2ccc(C(=O)O)cc2F)C(=O)c2nn(C)c3c2COc2ccc(Cl)cc2-3)c1. The van der Waals surface area contributed by atoms with E-state index in [4.69, 9.17) is 16.3 Å². The second-order valence-corrected chi connectivity index (χ2v) is 9.43. The number of aromatic nitrogens is 2. The van der Waals surface area contributed by atoms with Crippen molar-refractivity contribution in [2.24, 2.45) is 7.05 Å². The Morgan fingerprint density at radius 3 is 2.68 bits per heavy atom. The van der Waals surface area contributed by atoms with E-state index < -0.39 is 17.7 Å². The maximum absolute atomic E-state index is 14.9. The highest BCUT2D eigenvalue weighted by atomic mass is 35.5. The molecule has 1 amide bonds. The van der Waals surface area contributed by atoms with Gasteiger partial charge in [0.15, 0.2) is 5.69 Å². The van der Waals surface area contributed by atoms with Crippen molar-refractivity contribution < 1.29 is 23.8 Å². The molecule has 3 aromatic carbocycles. The third-order valence-corrected chi connectivity index (χ3v) is 6.56. The maximum Gasteiger partial charge on any atom is 0.335 e. The van der Waals surface area contributed by atoms with Gasteiger partial charge in [-0.2, -0.15) is 5.10 Å². The van der Waals surface area contributed by atoms with E-state index in [-0.39, 0.29) is 36.5 Å². The van der Waals surface area contributed by atoms with Crippen LogP contribution in [0.3, 0.4) is 0 Å². The highest BCUT2D eigenvalue weighted by Crippen LogP contribution is 2.40. The smallest absolute Gasteiger partial charge is 0.335 e. The number of hydrogen-bond donors (Lipinski definition) is 1. The van der Waals surface area contributed by atoms with Crippen LogP contribution in [-0.4, -0.2) is 31.7 Å². The Hall–Kier alpha value is -4.17. The molecule has 5 rings (SSSR count).